The normalized spacial score (nSPS) is 10.6. The van der Waals surface area contributed by atoms with Gasteiger partial charge in [-0.1, -0.05) is 40.2 Å². The average Bonchev–Trinajstić information content (AvgIpc) is 2.25. The van der Waals surface area contributed by atoms with Crippen LogP contribution in [0.3, 0.4) is 0 Å². The summed E-state index contributed by atoms with van der Waals surface area (Å²) >= 11 is 3.38. The highest BCUT2D eigenvalue weighted by Crippen LogP contribution is 2.10. The Bertz CT molecular complexity index is 387. The summed E-state index contributed by atoms with van der Waals surface area (Å²) in [6.07, 6.45) is 0. The fraction of sp³-hybridized carbons (Fsp3) is 0.250. The molecule has 0 atom stereocenters. The lowest BCUT2D eigenvalue weighted by molar-refractivity contribution is 0.940. The topological polar surface area (TPSA) is 50.4 Å². The van der Waals surface area contributed by atoms with Gasteiger partial charge in [0.15, 0.2) is 5.96 Å². The zero-order chi connectivity index (χ0) is 12.0. The molecule has 0 spiro atoms. The monoisotopic (exact) mass is 409 g/mol. The van der Waals surface area contributed by atoms with Crippen LogP contribution < -0.4 is 11.1 Å². The molecule has 94 valence electrons. The number of nitrogens with two attached hydrogens (primary N) is 1. The molecule has 17 heavy (non-hydrogen) atoms. The third kappa shape index (κ3) is 7.38. The Morgan fingerprint density at radius 2 is 2.00 bits per heavy atom. The number of aliphatic imine (C=N–C) groups is 1. The van der Waals surface area contributed by atoms with Gasteiger partial charge in [0, 0.05) is 11.0 Å². The lowest BCUT2D eigenvalue weighted by Gasteiger charge is -2.04. The first-order chi connectivity index (χ1) is 7.58. The summed E-state index contributed by atoms with van der Waals surface area (Å²) in [5, 5.41) is 2.98. The van der Waals surface area contributed by atoms with Gasteiger partial charge in [0.05, 0.1) is 6.54 Å². The van der Waals surface area contributed by atoms with Gasteiger partial charge in [-0.25, -0.2) is 4.99 Å². The molecule has 0 heterocycles. The van der Waals surface area contributed by atoms with E-state index in [1.165, 1.54) is 0 Å². The van der Waals surface area contributed by atoms with E-state index in [9.17, 15) is 0 Å². The van der Waals surface area contributed by atoms with Gasteiger partial charge < -0.3 is 11.1 Å². The van der Waals surface area contributed by atoms with Gasteiger partial charge in [0.25, 0.3) is 0 Å². The van der Waals surface area contributed by atoms with Crippen molar-refractivity contribution < 1.29 is 0 Å². The molecule has 1 aromatic carbocycles. The Morgan fingerprint density at radius 1 is 1.41 bits per heavy atom. The lowest BCUT2D eigenvalue weighted by atomic mass is 10.2. The molecule has 0 radical (unpaired) electrons. The summed E-state index contributed by atoms with van der Waals surface area (Å²) in [6, 6.07) is 8.00. The van der Waals surface area contributed by atoms with Gasteiger partial charge in [-0.3, -0.25) is 0 Å². The maximum absolute atomic E-state index is 5.69. The highest BCUT2D eigenvalue weighted by Gasteiger charge is 1.93. The third-order valence-corrected chi connectivity index (χ3v) is 2.45. The van der Waals surface area contributed by atoms with Crippen LogP contribution in [-0.4, -0.2) is 12.5 Å². The van der Waals surface area contributed by atoms with Crippen molar-refractivity contribution in [1.29, 1.82) is 0 Å². The van der Waals surface area contributed by atoms with Gasteiger partial charge in [0.1, 0.15) is 0 Å². The van der Waals surface area contributed by atoms with Crippen LogP contribution in [-0.2, 0) is 6.54 Å². The maximum Gasteiger partial charge on any atom is 0.189 e. The first kappa shape index (κ1) is 16.4. The molecule has 0 aliphatic rings. The molecular formula is C12H17BrIN3. The second kappa shape index (κ2) is 8.52. The maximum atomic E-state index is 5.69. The summed E-state index contributed by atoms with van der Waals surface area (Å²) in [5.74, 6) is 0.450. The molecule has 0 unspecified atom stereocenters. The smallest absolute Gasteiger partial charge is 0.189 e. The number of benzene rings is 1. The Morgan fingerprint density at radius 3 is 2.53 bits per heavy atom. The second-order valence-electron chi connectivity index (χ2n) is 3.64. The molecule has 3 N–H and O–H groups in total. The van der Waals surface area contributed by atoms with Crippen LogP contribution in [0.4, 0.5) is 0 Å². The van der Waals surface area contributed by atoms with Crippen LogP contribution in [0, 0.1) is 0 Å². The van der Waals surface area contributed by atoms with E-state index in [4.69, 9.17) is 5.73 Å². The van der Waals surface area contributed by atoms with E-state index in [-0.39, 0.29) is 24.0 Å². The molecule has 0 aromatic heterocycles. The standard InChI is InChI=1S/C12H16BrN3.HI/c1-9(2)7-15-12(14)16-8-10-3-5-11(13)6-4-10;/h3-6H,1,7-8H2,2H3,(H3,14,15,16);1H. The highest BCUT2D eigenvalue weighted by molar-refractivity contribution is 14.0. The van der Waals surface area contributed by atoms with Crippen molar-refractivity contribution in [3.63, 3.8) is 0 Å². The lowest BCUT2D eigenvalue weighted by Crippen LogP contribution is -2.32. The second-order valence-corrected chi connectivity index (χ2v) is 4.55. The first-order valence-corrected chi connectivity index (χ1v) is 5.80. The minimum absolute atomic E-state index is 0. The zero-order valence-electron chi connectivity index (χ0n) is 9.74. The van der Waals surface area contributed by atoms with Crippen molar-refractivity contribution in [3.8, 4) is 0 Å². The molecule has 5 heteroatoms. The van der Waals surface area contributed by atoms with E-state index in [1.54, 1.807) is 0 Å². The van der Waals surface area contributed by atoms with E-state index in [1.807, 2.05) is 31.2 Å². The van der Waals surface area contributed by atoms with E-state index in [0.717, 1.165) is 15.6 Å². The van der Waals surface area contributed by atoms with Crippen molar-refractivity contribution in [2.24, 2.45) is 10.7 Å². The Hall–Kier alpha value is -0.560. The molecule has 1 rings (SSSR count). The number of guanidine groups is 1. The van der Waals surface area contributed by atoms with E-state index >= 15 is 0 Å². The van der Waals surface area contributed by atoms with Crippen LogP contribution >= 0.6 is 39.9 Å². The summed E-state index contributed by atoms with van der Waals surface area (Å²) in [6.45, 7) is 6.96. The number of hydrogen-bond donors (Lipinski definition) is 2. The fourth-order valence-corrected chi connectivity index (χ4v) is 1.33. The Labute approximate surface area is 128 Å². The minimum atomic E-state index is 0. The number of rotatable bonds is 4. The van der Waals surface area contributed by atoms with Crippen molar-refractivity contribution >= 4 is 45.9 Å². The zero-order valence-corrected chi connectivity index (χ0v) is 13.7. The van der Waals surface area contributed by atoms with Crippen molar-refractivity contribution in [2.75, 3.05) is 6.54 Å². The average molecular weight is 410 g/mol. The largest absolute Gasteiger partial charge is 0.370 e. The minimum Gasteiger partial charge on any atom is -0.370 e. The highest BCUT2D eigenvalue weighted by atomic mass is 127. The van der Waals surface area contributed by atoms with Gasteiger partial charge >= 0.3 is 0 Å². The van der Waals surface area contributed by atoms with Gasteiger partial charge in [-0.2, -0.15) is 0 Å². The van der Waals surface area contributed by atoms with E-state index < -0.39 is 0 Å². The molecule has 0 fully saturated rings. The summed E-state index contributed by atoms with van der Waals surface area (Å²) in [4.78, 5) is 4.22. The van der Waals surface area contributed by atoms with Gasteiger partial charge in [-0.15, -0.1) is 24.0 Å². The number of hydrogen-bond acceptors (Lipinski definition) is 1. The summed E-state index contributed by atoms with van der Waals surface area (Å²) in [7, 11) is 0. The van der Waals surface area contributed by atoms with Gasteiger partial charge in [-0.05, 0) is 24.6 Å². The number of nitrogens with one attached hydrogen (secondary N) is 1. The Balaban J connectivity index is 0.00000256. The molecule has 0 saturated heterocycles. The molecule has 0 amide bonds. The number of halogens is 2. The SMILES string of the molecule is C=C(C)CNC(N)=NCc1ccc(Br)cc1.I. The molecule has 1 aromatic rings. The molecule has 0 aliphatic heterocycles. The fourth-order valence-electron chi connectivity index (χ4n) is 1.06. The van der Waals surface area contributed by atoms with E-state index in [2.05, 4.69) is 32.8 Å². The van der Waals surface area contributed by atoms with Crippen LogP contribution in [0.25, 0.3) is 0 Å². The number of nitrogens with zero attached hydrogens (tertiary/aromatic N) is 1. The third-order valence-electron chi connectivity index (χ3n) is 1.92. The molecule has 0 saturated carbocycles. The molecule has 3 nitrogen and oxygen atoms in total. The predicted molar refractivity (Wildman–Crippen MR) is 87.7 cm³/mol. The van der Waals surface area contributed by atoms with Crippen molar-refractivity contribution in [1.82, 2.24) is 5.32 Å². The van der Waals surface area contributed by atoms with Crippen LogP contribution in [0.2, 0.25) is 0 Å². The Kier molecular flexibility index (Phi) is 8.24. The van der Waals surface area contributed by atoms with Gasteiger partial charge in [0.2, 0.25) is 0 Å². The molecule has 0 bridgehead atoms. The van der Waals surface area contributed by atoms with Crippen LogP contribution in [0.5, 0.6) is 0 Å². The van der Waals surface area contributed by atoms with Crippen molar-refractivity contribution in [2.45, 2.75) is 13.5 Å². The molecular weight excluding hydrogens is 393 g/mol. The van der Waals surface area contributed by atoms with Crippen molar-refractivity contribution in [3.05, 3.63) is 46.5 Å². The van der Waals surface area contributed by atoms with Crippen LogP contribution in [0.1, 0.15) is 12.5 Å². The summed E-state index contributed by atoms with van der Waals surface area (Å²) in [5.41, 5.74) is 7.85. The molecule has 0 aliphatic carbocycles. The van der Waals surface area contributed by atoms with Crippen LogP contribution in [0.15, 0.2) is 45.9 Å². The summed E-state index contributed by atoms with van der Waals surface area (Å²) < 4.78 is 1.06. The quantitative estimate of drug-likeness (QED) is 0.347. The predicted octanol–water partition coefficient (Wildman–Crippen LogP) is 3.05. The van der Waals surface area contributed by atoms with E-state index in [0.29, 0.717) is 19.0 Å². The first-order valence-electron chi connectivity index (χ1n) is 5.00.